The van der Waals surface area contributed by atoms with E-state index in [1.54, 1.807) is 13.2 Å². The summed E-state index contributed by atoms with van der Waals surface area (Å²) in [7, 11) is 2.93. The lowest BCUT2D eigenvalue weighted by Crippen LogP contribution is -2.05. The fourth-order valence-corrected chi connectivity index (χ4v) is 1.37. The van der Waals surface area contributed by atoms with Crippen molar-refractivity contribution in [2.24, 2.45) is 0 Å². The zero-order valence-electron chi connectivity index (χ0n) is 9.20. The first kappa shape index (κ1) is 12.6. The van der Waals surface area contributed by atoms with Crippen molar-refractivity contribution in [3.05, 3.63) is 35.4 Å². The quantitative estimate of drug-likeness (QED) is 0.461. The summed E-state index contributed by atoms with van der Waals surface area (Å²) in [4.78, 5) is 11.3. The summed E-state index contributed by atoms with van der Waals surface area (Å²) in [5.41, 5.74) is 1.30. The van der Waals surface area contributed by atoms with Gasteiger partial charge in [0.1, 0.15) is 5.75 Å². The summed E-state index contributed by atoms with van der Waals surface area (Å²) in [6, 6.07) is 7.31. The van der Waals surface area contributed by atoms with Crippen LogP contribution in [0.15, 0.2) is 29.8 Å². The van der Waals surface area contributed by atoms with Gasteiger partial charge in [-0.3, -0.25) is 0 Å². The van der Waals surface area contributed by atoms with Crippen LogP contribution in [0.5, 0.6) is 5.75 Å². The Morgan fingerprint density at radius 3 is 2.38 bits per heavy atom. The monoisotopic (exact) mass is 240 g/mol. The normalized spacial score (nSPS) is 11.1. The number of methoxy groups -OCH3 is 2. The number of alkyl halides is 1. The average molecular weight is 241 g/mol. The number of esters is 1. The third-order valence-corrected chi connectivity index (χ3v) is 2.34. The molecule has 0 aliphatic rings. The zero-order valence-corrected chi connectivity index (χ0v) is 9.95. The molecule has 4 heteroatoms. The Morgan fingerprint density at radius 1 is 1.31 bits per heavy atom. The molecule has 0 fully saturated rings. The van der Waals surface area contributed by atoms with Crippen LogP contribution in [0.2, 0.25) is 0 Å². The van der Waals surface area contributed by atoms with Gasteiger partial charge in [0.25, 0.3) is 0 Å². The van der Waals surface area contributed by atoms with Gasteiger partial charge in [-0.15, -0.1) is 11.6 Å². The number of rotatable bonds is 4. The number of ether oxygens (including phenoxy) is 2. The maximum atomic E-state index is 11.3. The zero-order chi connectivity index (χ0) is 12.0. The lowest BCUT2D eigenvalue weighted by atomic mass is 10.1. The Hall–Kier alpha value is -1.48. The lowest BCUT2D eigenvalue weighted by Gasteiger charge is -2.02. The van der Waals surface area contributed by atoms with Crippen LogP contribution in [-0.2, 0) is 9.53 Å². The predicted molar refractivity (Wildman–Crippen MR) is 63.7 cm³/mol. The van der Waals surface area contributed by atoms with Crippen molar-refractivity contribution < 1.29 is 14.3 Å². The van der Waals surface area contributed by atoms with Crippen LogP contribution in [0.25, 0.3) is 6.08 Å². The highest BCUT2D eigenvalue weighted by Crippen LogP contribution is 2.15. The second kappa shape index (κ2) is 6.18. The van der Waals surface area contributed by atoms with E-state index in [1.165, 1.54) is 7.11 Å². The summed E-state index contributed by atoms with van der Waals surface area (Å²) in [6.45, 7) is 0. The Balaban J connectivity index is 2.91. The van der Waals surface area contributed by atoms with E-state index in [4.69, 9.17) is 16.3 Å². The molecule has 1 rings (SSSR count). The van der Waals surface area contributed by atoms with Gasteiger partial charge < -0.3 is 9.47 Å². The Labute approximate surface area is 99.6 Å². The van der Waals surface area contributed by atoms with Crippen LogP contribution in [0.4, 0.5) is 0 Å². The van der Waals surface area contributed by atoms with Gasteiger partial charge in [0.15, 0.2) is 0 Å². The summed E-state index contributed by atoms with van der Waals surface area (Å²) in [6.07, 6.45) is 1.69. The van der Waals surface area contributed by atoms with E-state index in [0.29, 0.717) is 5.57 Å². The molecule has 0 saturated carbocycles. The average Bonchev–Trinajstić information content (AvgIpc) is 2.35. The van der Waals surface area contributed by atoms with Gasteiger partial charge in [-0.05, 0) is 23.8 Å². The standard InChI is InChI=1S/C12H13ClO3/c1-15-11-5-3-9(4-6-11)7-10(8-13)12(14)16-2/h3-7H,8H2,1-2H3/b10-7+. The first-order valence-corrected chi connectivity index (χ1v) is 5.23. The third kappa shape index (κ3) is 3.28. The van der Waals surface area contributed by atoms with E-state index in [0.717, 1.165) is 11.3 Å². The fraction of sp³-hybridized carbons (Fsp3) is 0.250. The van der Waals surface area contributed by atoms with Crippen LogP contribution in [0, 0.1) is 0 Å². The van der Waals surface area contributed by atoms with Crippen molar-refractivity contribution in [1.82, 2.24) is 0 Å². The molecule has 1 aromatic carbocycles. The summed E-state index contributed by atoms with van der Waals surface area (Å²) in [5.74, 6) is 0.479. The second-order valence-electron chi connectivity index (χ2n) is 3.07. The van der Waals surface area contributed by atoms with E-state index < -0.39 is 5.97 Å². The van der Waals surface area contributed by atoms with Crippen LogP contribution in [-0.4, -0.2) is 26.1 Å². The molecule has 0 heterocycles. The van der Waals surface area contributed by atoms with Crippen molar-refractivity contribution in [1.29, 1.82) is 0 Å². The van der Waals surface area contributed by atoms with E-state index in [-0.39, 0.29) is 5.88 Å². The van der Waals surface area contributed by atoms with Crippen molar-refractivity contribution >= 4 is 23.6 Å². The largest absolute Gasteiger partial charge is 0.497 e. The van der Waals surface area contributed by atoms with E-state index in [9.17, 15) is 4.79 Å². The molecule has 0 unspecified atom stereocenters. The molecule has 86 valence electrons. The molecule has 3 nitrogen and oxygen atoms in total. The van der Waals surface area contributed by atoms with E-state index >= 15 is 0 Å². The number of hydrogen-bond acceptors (Lipinski definition) is 3. The van der Waals surface area contributed by atoms with Crippen LogP contribution < -0.4 is 4.74 Å². The van der Waals surface area contributed by atoms with Crippen molar-refractivity contribution in [2.45, 2.75) is 0 Å². The van der Waals surface area contributed by atoms with Gasteiger partial charge in [-0.1, -0.05) is 12.1 Å². The molecule has 0 spiro atoms. The SMILES string of the molecule is COC(=O)/C(=C/c1ccc(OC)cc1)CCl. The van der Waals surface area contributed by atoms with Crippen molar-refractivity contribution in [2.75, 3.05) is 20.1 Å². The minimum atomic E-state index is -0.411. The Bertz CT molecular complexity index is 382. The number of halogens is 1. The summed E-state index contributed by atoms with van der Waals surface area (Å²) in [5, 5.41) is 0. The van der Waals surface area contributed by atoms with Gasteiger partial charge in [0, 0.05) is 0 Å². The molecule has 0 aromatic heterocycles. The summed E-state index contributed by atoms with van der Waals surface area (Å²) < 4.78 is 9.63. The molecular formula is C12H13ClO3. The van der Waals surface area contributed by atoms with Gasteiger partial charge >= 0.3 is 5.97 Å². The van der Waals surface area contributed by atoms with Crippen molar-refractivity contribution in [3.63, 3.8) is 0 Å². The highest BCUT2D eigenvalue weighted by molar-refractivity contribution is 6.23. The number of benzene rings is 1. The van der Waals surface area contributed by atoms with Gasteiger partial charge in [0.05, 0.1) is 25.7 Å². The number of carbonyl (C=O) groups excluding carboxylic acids is 1. The fourth-order valence-electron chi connectivity index (χ4n) is 1.18. The molecule has 0 atom stereocenters. The second-order valence-corrected chi connectivity index (χ2v) is 3.34. The molecule has 16 heavy (non-hydrogen) atoms. The maximum absolute atomic E-state index is 11.3. The van der Waals surface area contributed by atoms with E-state index in [1.807, 2.05) is 24.3 Å². The van der Waals surface area contributed by atoms with Gasteiger partial charge in [0.2, 0.25) is 0 Å². The molecular weight excluding hydrogens is 228 g/mol. The molecule has 0 aliphatic heterocycles. The van der Waals surface area contributed by atoms with Crippen LogP contribution in [0.3, 0.4) is 0 Å². The smallest absolute Gasteiger partial charge is 0.334 e. The first-order valence-electron chi connectivity index (χ1n) is 4.70. The topological polar surface area (TPSA) is 35.5 Å². The first-order chi connectivity index (χ1) is 7.71. The lowest BCUT2D eigenvalue weighted by molar-refractivity contribution is -0.135. The van der Waals surface area contributed by atoms with Crippen LogP contribution in [0.1, 0.15) is 5.56 Å². The minimum Gasteiger partial charge on any atom is -0.497 e. The maximum Gasteiger partial charge on any atom is 0.334 e. The molecule has 0 saturated heterocycles. The molecule has 1 aromatic rings. The molecule has 0 bridgehead atoms. The third-order valence-electron chi connectivity index (χ3n) is 2.05. The molecule has 0 N–H and O–H groups in total. The highest BCUT2D eigenvalue weighted by Gasteiger charge is 2.07. The molecule has 0 aliphatic carbocycles. The van der Waals surface area contributed by atoms with Crippen molar-refractivity contribution in [3.8, 4) is 5.75 Å². The minimum absolute atomic E-state index is 0.124. The van der Waals surface area contributed by atoms with Crippen LogP contribution >= 0.6 is 11.6 Å². The molecule has 0 radical (unpaired) electrons. The van der Waals surface area contributed by atoms with Gasteiger partial charge in [-0.25, -0.2) is 4.79 Å². The summed E-state index contributed by atoms with van der Waals surface area (Å²) >= 11 is 5.66. The van der Waals surface area contributed by atoms with Gasteiger partial charge in [-0.2, -0.15) is 0 Å². The van der Waals surface area contributed by atoms with E-state index in [2.05, 4.69) is 4.74 Å². The Kier molecular flexibility index (Phi) is 4.86. The number of hydrogen-bond donors (Lipinski definition) is 0. The molecule has 0 amide bonds. The number of carbonyl (C=O) groups is 1. The highest BCUT2D eigenvalue weighted by atomic mass is 35.5. The predicted octanol–water partition coefficient (Wildman–Crippen LogP) is 2.49. The Morgan fingerprint density at radius 2 is 1.94 bits per heavy atom.